The molecule has 3 rings (SSSR count). The molecular weight excluding hydrogens is 294 g/mol. The third-order valence-corrected chi connectivity index (χ3v) is 5.58. The lowest BCUT2D eigenvalue weighted by Crippen LogP contribution is -2.25. The molecule has 5 heteroatoms. The smallest absolute Gasteiger partial charge is 0.179 e. The highest BCUT2D eigenvalue weighted by atomic mass is 35.5. The van der Waals surface area contributed by atoms with Crippen LogP contribution < -0.4 is 14.8 Å². The largest absolute Gasteiger partial charge is 0.489 e. The molecule has 0 radical (unpaired) electrons. The lowest BCUT2D eigenvalue weighted by molar-refractivity contribution is 0.297. The zero-order valence-electron chi connectivity index (χ0n) is 11.7. The van der Waals surface area contributed by atoms with Crippen LogP contribution in [0.4, 0.5) is 0 Å². The van der Waals surface area contributed by atoms with E-state index in [-0.39, 0.29) is 0 Å². The summed E-state index contributed by atoms with van der Waals surface area (Å²) in [7, 11) is 0. The van der Waals surface area contributed by atoms with Crippen LogP contribution in [0.25, 0.3) is 0 Å². The first kappa shape index (κ1) is 14.4. The first-order valence-electron chi connectivity index (χ1n) is 7.06. The molecule has 0 atom stereocenters. The van der Waals surface area contributed by atoms with E-state index in [0.717, 1.165) is 30.8 Å². The van der Waals surface area contributed by atoms with E-state index in [1.54, 1.807) is 0 Å². The minimum absolute atomic E-state index is 0.481. The normalized spacial score (nSPS) is 19.5. The number of rotatable bonds is 5. The van der Waals surface area contributed by atoms with Crippen molar-refractivity contribution in [1.82, 2.24) is 5.32 Å². The minimum Gasteiger partial charge on any atom is -0.489 e. The zero-order chi connectivity index (χ0) is 14.0. The first-order chi connectivity index (χ1) is 9.72. The second-order valence-electron chi connectivity index (χ2n) is 5.45. The second kappa shape index (κ2) is 6.04. The van der Waals surface area contributed by atoms with Crippen LogP contribution in [0.5, 0.6) is 11.5 Å². The fourth-order valence-corrected chi connectivity index (χ4v) is 3.46. The summed E-state index contributed by atoms with van der Waals surface area (Å²) in [6.07, 6.45) is 5.74. The van der Waals surface area contributed by atoms with Gasteiger partial charge in [-0.2, -0.15) is 11.8 Å². The molecule has 1 fully saturated rings. The van der Waals surface area contributed by atoms with E-state index < -0.39 is 0 Å². The fraction of sp³-hybridized carbons (Fsp3) is 0.600. The van der Waals surface area contributed by atoms with Crippen molar-refractivity contribution in [2.24, 2.45) is 0 Å². The molecule has 1 heterocycles. The molecule has 110 valence electrons. The summed E-state index contributed by atoms with van der Waals surface area (Å²) in [6, 6.07) is 4.01. The molecule has 0 bridgehead atoms. The van der Waals surface area contributed by atoms with Crippen LogP contribution in [0, 0.1) is 0 Å². The van der Waals surface area contributed by atoms with E-state index in [0.29, 0.717) is 28.7 Å². The van der Waals surface area contributed by atoms with Gasteiger partial charge >= 0.3 is 0 Å². The van der Waals surface area contributed by atoms with Gasteiger partial charge in [0.25, 0.3) is 0 Å². The standard InChI is InChI=1S/C15H20ClNO2S/c1-20-15(3-4-15)10-17-9-11-7-12(16)14-13(8-11)18-5-2-6-19-14/h7-8,17H,2-6,9-10H2,1H3. The summed E-state index contributed by atoms with van der Waals surface area (Å²) in [5.74, 6) is 1.47. The lowest BCUT2D eigenvalue weighted by atomic mass is 10.2. The molecule has 0 spiro atoms. The van der Waals surface area contributed by atoms with Crippen LogP contribution in [0.3, 0.4) is 0 Å². The SMILES string of the molecule is CSC1(CNCc2cc(Cl)c3c(c2)OCCCO3)CC1. The van der Waals surface area contributed by atoms with E-state index in [4.69, 9.17) is 21.1 Å². The molecule has 1 aromatic rings. The van der Waals surface area contributed by atoms with Crippen LogP contribution in [-0.2, 0) is 6.54 Å². The lowest BCUT2D eigenvalue weighted by Gasteiger charge is -2.15. The van der Waals surface area contributed by atoms with Gasteiger partial charge in [-0.3, -0.25) is 0 Å². The molecule has 1 N–H and O–H groups in total. The van der Waals surface area contributed by atoms with Crippen molar-refractivity contribution < 1.29 is 9.47 Å². The van der Waals surface area contributed by atoms with Gasteiger partial charge in [-0.1, -0.05) is 11.6 Å². The number of benzene rings is 1. The van der Waals surface area contributed by atoms with E-state index in [9.17, 15) is 0 Å². The fourth-order valence-electron chi connectivity index (χ4n) is 2.41. The highest BCUT2D eigenvalue weighted by Crippen LogP contribution is 2.46. The van der Waals surface area contributed by atoms with E-state index in [1.807, 2.05) is 23.9 Å². The maximum atomic E-state index is 6.29. The Morgan fingerprint density at radius 1 is 1.30 bits per heavy atom. The molecule has 1 saturated carbocycles. The number of hydrogen-bond acceptors (Lipinski definition) is 4. The third-order valence-electron chi connectivity index (χ3n) is 3.88. The van der Waals surface area contributed by atoms with Gasteiger partial charge < -0.3 is 14.8 Å². The van der Waals surface area contributed by atoms with Gasteiger partial charge in [0.1, 0.15) is 0 Å². The van der Waals surface area contributed by atoms with E-state index in [2.05, 4.69) is 11.6 Å². The number of hydrogen-bond donors (Lipinski definition) is 1. The monoisotopic (exact) mass is 313 g/mol. The maximum absolute atomic E-state index is 6.29. The van der Waals surface area contributed by atoms with Crippen molar-refractivity contribution in [3.05, 3.63) is 22.7 Å². The van der Waals surface area contributed by atoms with Crippen molar-refractivity contribution in [3.63, 3.8) is 0 Å². The average Bonchev–Trinajstić information content (AvgIpc) is 3.23. The summed E-state index contributed by atoms with van der Waals surface area (Å²) in [6.45, 7) is 3.23. The molecule has 1 aliphatic heterocycles. The molecule has 1 aliphatic carbocycles. The van der Waals surface area contributed by atoms with Gasteiger partial charge in [-0.05, 0) is 36.8 Å². The van der Waals surface area contributed by atoms with Gasteiger partial charge in [0.05, 0.1) is 18.2 Å². The van der Waals surface area contributed by atoms with Gasteiger partial charge in [-0.15, -0.1) is 0 Å². The van der Waals surface area contributed by atoms with Gasteiger partial charge in [0, 0.05) is 24.3 Å². The highest BCUT2D eigenvalue weighted by Gasteiger charge is 2.41. The maximum Gasteiger partial charge on any atom is 0.179 e. The molecule has 0 aromatic heterocycles. The molecule has 20 heavy (non-hydrogen) atoms. The summed E-state index contributed by atoms with van der Waals surface area (Å²) in [5, 5.41) is 4.17. The van der Waals surface area contributed by atoms with Crippen LogP contribution >= 0.6 is 23.4 Å². The third kappa shape index (κ3) is 3.18. The van der Waals surface area contributed by atoms with Crippen LogP contribution in [0.2, 0.25) is 5.02 Å². The number of halogens is 1. The van der Waals surface area contributed by atoms with E-state index in [1.165, 1.54) is 12.8 Å². The predicted octanol–water partition coefficient (Wildman–Crippen LogP) is 3.49. The molecular formula is C15H20ClNO2S. The topological polar surface area (TPSA) is 30.5 Å². The van der Waals surface area contributed by atoms with Crippen LogP contribution in [-0.4, -0.2) is 30.8 Å². The summed E-state index contributed by atoms with van der Waals surface area (Å²) in [4.78, 5) is 0. The quantitative estimate of drug-likeness (QED) is 0.901. The Hall–Kier alpha value is -0.580. The van der Waals surface area contributed by atoms with Gasteiger partial charge in [0.15, 0.2) is 11.5 Å². The Kier molecular flexibility index (Phi) is 4.34. The Morgan fingerprint density at radius 2 is 2.10 bits per heavy atom. The zero-order valence-corrected chi connectivity index (χ0v) is 13.3. The second-order valence-corrected chi connectivity index (χ2v) is 7.13. The van der Waals surface area contributed by atoms with Gasteiger partial charge in [0.2, 0.25) is 0 Å². The number of ether oxygens (including phenoxy) is 2. The molecule has 3 nitrogen and oxygen atoms in total. The predicted molar refractivity (Wildman–Crippen MR) is 84.2 cm³/mol. The van der Waals surface area contributed by atoms with Crippen LogP contribution in [0.15, 0.2) is 12.1 Å². The van der Waals surface area contributed by atoms with Crippen molar-refractivity contribution in [1.29, 1.82) is 0 Å². The van der Waals surface area contributed by atoms with Crippen molar-refractivity contribution in [2.45, 2.75) is 30.6 Å². The Balaban J connectivity index is 1.65. The molecule has 0 saturated heterocycles. The number of nitrogens with one attached hydrogen (secondary N) is 1. The Bertz CT molecular complexity index is 491. The summed E-state index contributed by atoms with van der Waals surface area (Å²) in [5.41, 5.74) is 1.15. The number of fused-ring (bicyclic) bond motifs is 1. The van der Waals surface area contributed by atoms with Crippen molar-refractivity contribution in [2.75, 3.05) is 26.0 Å². The minimum atomic E-state index is 0.481. The Labute approximate surface area is 129 Å². The highest BCUT2D eigenvalue weighted by molar-refractivity contribution is 8.00. The molecule has 0 amide bonds. The van der Waals surface area contributed by atoms with Crippen molar-refractivity contribution >= 4 is 23.4 Å². The summed E-state index contributed by atoms with van der Waals surface area (Å²) < 4.78 is 11.8. The van der Waals surface area contributed by atoms with Crippen LogP contribution in [0.1, 0.15) is 24.8 Å². The average molecular weight is 314 g/mol. The molecule has 1 aromatic carbocycles. The molecule has 2 aliphatic rings. The van der Waals surface area contributed by atoms with Gasteiger partial charge in [-0.25, -0.2) is 0 Å². The van der Waals surface area contributed by atoms with Crippen molar-refractivity contribution in [3.8, 4) is 11.5 Å². The summed E-state index contributed by atoms with van der Waals surface area (Å²) >= 11 is 8.26. The Morgan fingerprint density at radius 3 is 2.85 bits per heavy atom. The number of thioether (sulfide) groups is 1. The molecule has 0 unspecified atom stereocenters. The first-order valence-corrected chi connectivity index (χ1v) is 8.67. The van der Waals surface area contributed by atoms with E-state index >= 15 is 0 Å².